The fourth-order valence-corrected chi connectivity index (χ4v) is 4.48. The molecule has 150 valence electrons. The molecule has 1 N–H and O–H groups in total. The Morgan fingerprint density at radius 1 is 1.11 bits per heavy atom. The highest BCUT2D eigenvalue weighted by Gasteiger charge is 2.26. The summed E-state index contributed by atoms with van der Waals surface area (Å²) in [5.74, 6) is 0.735. The molecule has 3 rings (SSSR count). The zero-order valence-corrected chi connectivity index (χ0v) is 17.8. The summed E-state index contributed by atoms with van der Waals surface area (Å²) >= 11 is 12.5. The monoisotopic (exact) mass is 412 g/mol. The van der Waals surface area contributed by atoms with Crippen molar-refractivity contribution in [2.75, 3.05) is 51.7 Å². The molecule has 0 unspecified atom stereocenters. The number of nitrogens with zero attached hydrogens (tertiary/aromatic N) is 3. The maximum atomic E-state index is 11.8. The van der Waals surface area contributed by atoms with Crippen LogP contribution >= 0.6 is 23.2 Å². The number of carbonyl (C=O) groups is 1. The molecule has 0 bridgehead atoms. The Morgan fingerprint density at radius 2 is 1.78 bits per heavy atom. The van der Waals surface area contributed by atoms with Gasteiger partial charge < -0.3 is 15.1 Å². The predicted molar refractivity (Wildman–Crippen MR) is 113 cm³/mol. The quantitative estimate of drug-likeness (QED) is 0.813. The molecule has 0 aromatic heterocycles. The van der Waals surface area contributed by atoms with Crippen LogP contribution in [0.3, 0.4) is 0 Å². The highest BCUT2D eigenvalue weighted by molar-refractivity contribution is 6.43. The van der Waals surface area contributed by atoms with Crippen molar-refractivity contribution < 1.29 is 4.79 Å². The third kappa shape index (κ3) is 5.43. The molecule has 1 aromatic carbocycles. The molecule has 1 aromatic rings. The number of amides is 2. The van der Waals surface area contributed by atoms with E-state index in [9.17, 15) is 4.79 Å². The van der Waals surface area contributed by atoms with Gasteiger partial charge in [0.2, 0.25) is 0 Å². The number of anilines is 1. The smallest absolute Gasteiger partial charge is 0.317 e. The third-order valence-corrected chi connectivity index (χ3v) is 6.55. The summed E-state index contributed by atoms with van der Waals surface area (Å²) < 4.78 is 0. The highest BCUT2D eigenvalue weighted by Crippen LogP contribution is 2.33. The van der Waals surface area contributed by atoms with E-state index in [0.717, 1.165) is 57.2 Å². The first kappa shape index (κ1) is 20.6. The summed E-state index contributed by atoms with van der Waals surface area (Å²) in [6.45, 7) is 5.23. The van der Waals surface area contributed by atoms with Crippen LogP contribution in [0.25, 0.3) is 0 Å². The number of piperazine rings is 1. The van der Waals surface area contributed by atoms with Crippen LogP contribution in [0.2, 0.25) is 10.0 Å². The summed E-state index contributed by atoms with van der Waals surface area (Å²) in [4.78, 5) is 18.3. The minimum absolute atomic E-state index is 0.0225. The van der Waals surface area contributed by atoms with Crippen LogP contribution in [-0.4, -0.2) is 68.7 Å². The van der Waals surface area contributed by atoms with Crippen molar-refractivity contribution in [3.8, 4) is 0 Å². The zero-order valence-electron chi connectivity index (χ0n) is 16.3. The fourth-order valence-electron chi connectivity index (χ4n) is 4.07. The number of halogens is 2. The Bertz CT molecular complexity index is 639. The van der Waals surface area contributed by atoms with E-state index in [1.165, 1.54) is 12.8 Å². The van der Waals surface area contributed by atoms with Crippen molar-refractivity contribution in [2.24, 2.45) is 5.92 Å². The van der Waals surface area contributed by atoms with Gasteiger partial charge in [0.25, 0.3) is 0 Å². The van der Waals surface area contributed by atoms with Gasteiger partial charge in [0.1, 0.15) is 0 Å². The van der Waals surface area contributed by atoms with Crippen molar-refractivity contribution in [1.29, 1.82) is 0 Å². The Hall–Kier alpha value is -1.17. The molecule has 0 spiro atoms. The summed E-state index contributed by atoms with van der Waals surface area (Å²) in [6, 6.07) is 6.20. The number of benzene rings is 1. The maximum Gasteiger partial charge on any atom is 0.317 e. The number of rotatable bonds is 4. The van der Waals surface area contributed by atoms with E-state index in [4.69, 9.17) is 23.2 Å². The fraction of sp³-hybridized carbons (Fsp3) is 0.650. The number of urea groups is 1. The van der Waals surface area contributed by atoms with Crippen LogP contribution in [0.5, 0.6) is 0 Å². The number of nitrogens with one attached hydrogen (secondary N) is 1. The molecule has 27 heavy (non-hydrogen) atoms. The average molecular weight is 413 g/mol. The lowest BCUT2D eigenvalue weighted by molar-refractivity contribution is 0.174. The Kier molecular flexibility index (Phi) is 7.12. The molecular weight excluding hydrogens is 383 g/mol. The molecule has 0 radical (unpaired) electrons. The second-order valence-electron chi connectivity index (χ2n) is 7.92. The van der Waals surface area contributed by atoms with Crippen LogP contribution in [0.4, 0.5) is 10.5 Å². The van der Waals surface area contributed by atoms with Crippen LogP contribution in [0.15, 0.2) is 18.2 Å². The van der Waals surface area contributed by atoms with Gasteiger partial charge >= 0.3 is 6.03 Å². The normalized spacial score (nSPS) is 23.9. The van der Waals surface area contributed by atoms with E-state index in [-0.39, 0.29) is 6.03 Å². The van der Waals surface area contributed by atoms with Crippen LogP contribution in [0.1, 0.15) is 25.7 Å². The SMILES string of the molecule is CN(C)C(=O)NC1CCC(CN2CCN(c3cccc(Cl)c3Cl)CC2)CC1. The first-order valence-electron chi connectivity index (χ1n) is 9.83. The topological polar surface area (TPSA) is 38.8 Å². The molecule has 0 atom stereocenters. The summed E-state index contributed by atoms with van der Waals surface area (Å²) in [6.07, 6.45) is 4.56. The van der Waals surface area contributed by atoms with Crippen LogP contribution in [0, 0.1) is 5.92 Å². The van der Waals surface area contributed by atoms with Crippen molar-refractivity contribution in [3.05, 3.63) is 28.2 Å². The van der Waals surface area contributed by atoms with E-state index < -0.39 is 0 Å². The Morgan fingerprint density at radius 3 is 2.41 bits per heavy atom. The van der Waals surface area contributed by atoms with Crippen molar-refractivity contribution in [3.63, 3.8) is 0 Å². The van der Waals surface area contributed by atoms with Crippen molar-refractivity contribution in [1.82, 2.24) is 15.1 Å². The van der Waals surface area contributed by atoms with Gasteiger partial charge in [-0.15, -0.1) is 0 Å². The average Bonchev–Trinajstić information content (AvgIpc) is 2.66. The van der Waals surface area contributed by atoms with E-state index in [1.54, 1.807) is 19.0 Å². The van der Waals surface area contributed by atoms with Gasteiger partial charge in [0, 0.05) is 52.9 Å². The molecular formula is C20H30Cl2N4O. The summed E-state index contributed by atoms with van der Waals surface area (Å²) in [5, 5.41) is 4.40. The van der Waals surface area contributed by atoms with Gasteiger partial charge in [-0.05, 0) is 43.7 Å². The molecule has 5 nitrogen and oxygen atoms in total. The van der Waals surface area contributed by atoms with Gasteiger partial charge in [0.15, 0.2) is 0 Å². The first-order valence-corrected chi connectivity index (χ1v) is 10.6. The lowest BCUT2D eigenvalue weighted by Crippen LogP contribution is -2.49. The largest absolute Gasteiger partial charge is 0.368 e. The second kappa shape index (κ2) is 9.35. The molecule has 2 aliphatic rings. The Balaban J connectivity index is 1.41. The second-order valence-corrected chi connectivity index (χ2v) is 8.71. The lowest BCUT2D eigenvalue weighted by atomic mass is 9.85. The minimum atomic E-state index is 0.0225. The van der Waals surface area contributed by atoms with E-state index in [0.29, 0.717) is 16.1 Å². The van der Waals surface area contributed by atoms with Gasteiger partial charge in [0.05, 0.1) is 15.7 Å². The predicted octanol–water partition coefficient (Wildman–Crippen LogP) is 3.95. The van der Waals surface area contributed by atoms with E-state index in [1.807, 2.05) is 18.2 Å². The van der Waals surface area contributed by atoms with E-state index >= 15 is 0 Å². The summed E-state index contributed by atoms with van der Waals surface area (Å²) in [5.41, 5.74) is 1.04. The van der Waals surface area contributed by atoms with Crippen molar-refractivity contribution in [2.45, 2.75) is 31.7 Å². The molecule has 1 aliphatic heterocycles. The highest BCUT2D eigenvalue weighted by atomic mass is 35.5. The molecule has 1 heterocycles. The standard InChI is InChI=1S/C20H30Cl2N4O/c1-24(2)20(27)23-16-8-6-15(7-9-16)14-25-10-12-26(13-11-25)18-5-3-4-17(21)19(18)22/h3-5,15-16H,6-14H2,1-2H3,(H,23,27). The molecule has 7 heteroatoms. The molecule has 2 amide bonds. The van der Waals surface area contributed by atoms with E-state index in [2.05, 4.69) is 15.1 Å². The van der Waals surface area contributed by atoms with Gasteiger partial charge in [-0.1, -0.05) is 29.3 Å². The number of carbonyl (C=O) groups excluding carboxylic acids is 1. The maximum absolute atomic E-state index is 11.8. The number of hydrogen-bond donors (Lipinski definition) is 1. The lowest BCUT2D eigenvalue weighted by Gasteiger charge is -2.39. The minimum Gasteiger partial charge on any atom is -0.368 e. The number of hydrogen-bond acceptors (Lipinski definition) is 3. The van der Waals surface area contributed by atoms with Crippen LogP contribution in [-0.2, 0) is 0 Å². The van der Waals surface area contributed by atoms with Gasteiger partial charge in [-0.2, -0.15) is 0 Å². The van der Waals surface area contributed by atoms with Gasteiger partial charge in [-0.25, -0.2) is 4.79 Å². The molecule has 1 aliphatic carbocycles. The van der Waals surface area contributed by atoms with Crippen molar-refractivity contribution >= 4 is 34.9 Å². The molecule has 2 fully saturated rings. The zero-order chi connectivity index (χ0) is 19.4. The third-order valence-electron chi connectivity index (χ3n) is 5.74. The molecule has 1 saturated heterocycles. The van der Waals surface area contributed by atoms with Gasteiger partial charge in [-0.3, -0.25) is 4.90 Å². The summed E-state index contributed by atoms with van der Waals surface area (Å²) in [7, 11) is 3.58. The Labute approximate surface area is 172 Å². The van der Waals surface area contributed by atoms with Crippen LogP contribution < -0.4 is 10.2 Å². The molecule has 1 saturated carbocycles. The first-order chi connectivity index (χ1) is 12.9.